The van der Waals surface area contributed by atoms with Crippen LogP contribution in [0.15, 0.2) is 48.9 Å². The molecule has 0 atom stereocenters. The van der Waals surface area contributed by atoms with Gasteiger partial charge in [-0.25, -0.2) is 19.9 Å². The number of amides is 2. The predicted octanol–water partition coefficient (Wildman–Crippen LogP) is 2.25. The zero-order chi connectivity index (χ0) is 23.7. The normalized spacial score (nSPS) is 14.3. The van der Waals surface area contributed by atoms with Crippen LogP contribution in [0.25, 0.3) is 21.6 Å². The van der Waals surface area contributed by atoms with E-state index in [9.17, 15) is 9.59 Å². The van der Waals surface area contributed by atoms with Gasteiger partial charge in [-0.15, -0.1) is 11.3 Å². The van der Waals surface area contributed by atoms with Gasteiger partial charge in [0.15, 0.2) is 0 Å². The van der Waals surface area contributed by atoms with Gasteiger partial charge in [0, 0.05) is 55.6 Å². The molecule has 5 heterocycles. The zero-order valence-electron chi connectivity index (χ0n) is 18.4. The molecule has 4 aromatic heterocycles. The highest BCUT2D eigenvalue weighted by molar-refractivity contribution is 7.16. The first-order valence-corrected chi connectivity index (χ1v) is 11.5. The fourth-order valence-corrected chi connectivity index (χ4v) is 4.40. The maximum Gasteiger partial charge on any atom is 0.260 e. The van der Waals surface area contributed by atoms with Crippen molar-refractivity contribution in [1.82, 2.24) is 24.8 Å². The van der Waals surface area contributed by atoms with Crippen molar-refractivity contribution >= 4 is 45.7 Å². The van der Waals surface area contributed by atoms with Crippen molar-refractivity contribution in [1.29, 1.82) is 0 Å². The van der Waals surface area contributed by atoms with Crippen LogP contribution >= 0.6 is 11.3 Å². The molecule has 0 aliphatic carbocycles. The van der Waals surface area contributed by atoms with Crippen molar-refractivity contribution < 1.29 is 9.59 Å². The van der Waals surface area contributed by atoms with Gasteiger partial charge < -0.3 is 20.9 Å². The van der Waals surface area contributed by atoms with Gasteiger partial charge in [0.1, 0.15) is 21.5 Å². The van der Waals surface area contributed by atoms with Crippen LogP contribution in [0.2, 0.25) is 0 Å². The Morgan fingerprint density at radius 3 is 2.62 bits per heavy atom. The standard InChI is InChI=1S/C23H22N8O2S/c1-30-6-8-31(9-7-30)20-10-14(4-5-25-20)22(33)29-19-11-17-15(12-26-19)2-3-16(28-17)23-27-13-18(34-23)21(24)32/h2-5,10-13H,6-9H2,1H3,(H2,24,32)(H,26,29,33). The van der Waals surface area contributed by atoms with Gasteiger partial charge in [0.2, 0.25) is 0 Å². The molecule has 11 heteroatoms. The van der Waals surface area contributed by atoms with Crippen LogP contribution in [-0.4, -0.2) is 69.9 Å². The summed E-state index contributed by atoms with van der Waals surface area (Å²) in [7, 11) is 2.10. The molecule has 3 N–H and O–H groups in total. The van der Waals surface area contributed by atoms with E-state index in [1.165, 1.54) is 17.5 Å². The lowest BCUT2D eigenvalue weighted by molar-refractivity contribution is 0.100. The minimum Gasteiger partial charge on any atom is -0.365 e. The monoisotopic (exact) mass is 474 g/mol. The summed E-state index contributed by atoms with van der Waals surface area (Å²) in [5.74, 6) is 0.381. The Balaban J connectivity index is 1.35. The Morgan fingerprint density at radius 2 is 1.85 bits per heavy atom. The third kappa shape index (κ3) is 4.56. The highest BCUT2D eigenvalue weighted by atomic mass is 32.1. The van der Waals surface area contributed by atoms with E-state index >= 15 is 0 Å². The molecule has 1 aliphatic rings. The van der Waals surface area contributed by atoms with Crippen molar-refractivity contribution in [2.45, 2.75) is 0 Å². The molecule has 0 spiro atoms. The molecule has 2 amide bonds. The number of pyridine rings is 3. The van der Waals surface area contributed by atoms with E-state index in [0.29, 0.717) is 32.5 Å². The first-order valence-electron chi connectivity index (χ1n) is 10.7. The van der Waals surface area contributed by atoms with Gasteiger partial charge in [0.05, 0.1) is 17.4 Å². The summed E-state index contributed by atoms with van der Waals surface area (Å²) in [6.45, 7) is 3.65. The van der Waals surface area contributed by atoms with Crippen LogP contribution in [0.4, 0.5) is 11.6 Å². The molecule has 0 unspecified atom stereocenters. The number of nitrogens with one attached hydrogen (secondary N) is 1. The average Bonchev–Trinajstić information content (AvgIpc) is 3.35. The highest BCUT2D eigenvalue weighted by Crippen LogP contribution is 2.26. The summed E-state index contributed by atoms with van der Waals surface area (Å²) in [6, 6.07) is 8.87. The van der Waals surface area contributed by atoms with E-state index in [4.69, 9.17) is 5.73 Å². The molecule has 172 valence electrons. The quantitative estimate of drug-likeness (QED) is 0.450. The number of hydrogen-bond donors (Lipinski definition) is 2. The van der Waals surface area contributed by atoms with Crippen LogP contribution in [0, 0.1) is 0 Å². The van der Waals surface area contributed by atoms with Gasteiger partial charge in [-0.2, -0.15) is 0 Å². The third-order valence-electron chi connectivity index (χ3n) is 5.62. The van der Waals surface area contributed by atoms with E-state index < -0.39 is 5.91 Å². The smallest absolute Gasteiger partial charge is 0.260 e. The van der Waals surface area contributed by atoms with Crippen molar-refractivity contribution in [2.75, 3.05) is 43.4 Å². The van der Waals surface area contributed by atoms with E-state index in [0.717, 1.165) is 37.4 Å². The van der Waals surface area contributed by atoms with E-state index in [1.54, 1.807) is 30.6 Å². The number of nitrogens with two attached hydrogens (primary N) is 1. The molecule has 0 saturated carbocycles. The molecule has 1 saturated heterocycles. The predicted molar refractivity (Wildman–Crippen MR) is 131 cm³/mol. The molecule has 1 fully saturated rings. The second kappa shape index (κ2) is 9.12. The molecule has 0 aromatic carbocycles. The Hall–Kier alpha value is -3.96. The Labute approximate surface area is 199 Å². The molecule has 34 heavy (non-hydrogen) atoms. The van der Waals surface area contributed by atoms with Crippen molar-refractivity contribution in [3.05, 3.63) is 59.4 Å². The van der Waals surface area contributed by atoms with Crippen LogP contribution in [-0.2, 0) is 0 Å². The summed E-state index contributed by atoms with van der Waals surface area (Å²) in [5.41, 5.74) is 7.09. The third-order valence-corrected chi connectivity index (χ3v) is 6.65. The number of carbonyl (C=O) groups excluding carboxylic acids is 2. The van der Waals surface area contributed by atoms with Gasteiger partial charge >= 0.3 is 0 Å². The van der Waals surface area contributed by atoms with Crippen LogP contribution in [0.1, 0.15) is 20.0 Å². The number of primary amides is 1. The summed E-state index contributed by atoms with van der Waals surface area (Å²) < 4.78 is 0. The van der Waals surface area contributed by atoms with Gasteiger partial charge in [-0.1, -0.05) is 0 Å². The summed E-state index contributed by atoms with van der Waals surface area (Å²) >= 11 is 1.18. The molecule has 4 aromatic rings. The molecule has 1 aliphatic heterocycles. The van der Waals surface area contributed by atoms with Crippen molar-refractivity contribution in [2.24, 2.45) is 5.73 Å². The molecular formula is C23H22N8O2S. The minimum atomic E-state index is -0.523. The first kappa shape index (κ1) is 21.9. The largest absolute Gasteiger partial charge is 0.365 e. The topological polar surface area (TPSA) is 130 Å². The average molecular weight is 475 g/mol. The second-order valence-electron chi connectivity index (χ2n) is 8.00. The molecule has 0 bridgehead atoms. The number of aromatic nitrogens is 4. The van der Waals surface area contributed by atoms with Gasteiger partial charge in [0.25, 0.3) is 11.8 Å². The van der Waals surface area contributed by atoms with Crippen LogP contribution < -0.4 is 16.0 Å². The number of rotatable bonds is 5. The van der Waals surface area contributed by atoms with Crippen molar-refractivity contribution in [3.8, 4) is 10.7 Å². The number of carbonyl (C=O) groups is 2. The maximum atomic E-state index is 12.9. The lowest BCUT2D eigenvalue weighted by Gasteiger charge is -2.33. The number of thiazole rings is 1. The van der Waals surface area contributed by atoms with Gasteiger partial charge in [-0.3, -0.25) is 9.59 Å². The maximum absolute atomic E-state index is 12.9. The molecule has 5 rings (SSSR count). The fourth-order valence-electron chi connectivity index (χ4n) is 3.67. The van der Waals surface area contributed by atoms with Crippen LogP contribution in [0.5, 0.6) is 0 Å². The van der Waals surface area contributed by atoms with Crippen molar-refractivity contribution in [3.63, 3.8) is 0 Å². The number of nitrogens with zero attached hydrogens (tertiary/aromatic N) is 6. The summed E-state index contributed by atoms with van der Waals surface area (Å²) in [6.07, 6.45) is 4.75. The fraction of sp³-hybridized carbons (Fsp3) is 0.217. The number of piperazine rings is 1. The highest BCUT2D eigenvalue weighted by Gasteiger charge is 2.17. The lowest BCUT2D eigenvalue weighted by Crippen LogP contribution is -2.44. The molecule has 0 radical (unpaired) electrons. The second-order valence-corrected chi connectivity index (χ2v) is 9.03. The minimum absolute atomic E-state index is 0.271. The Bertz CT molecular complexity index is 1380. The van der Waals surface area contributed by atoms with E-state index in [-0.39, 0.29) is 5.91 Å². The number of likely N-dealkylation sites (N-methyl/N-ethyl adjacent to an activating group) is 1. The van der Waals surface area contributed by atoms with E-state index in [2.05, 4.69) is 42.1 Å². The molecular weight excluding hydrogens is 452 g/mol. The Kier molecular flexibility index (Phi) is 5.86. The number of fused-ring (bicyclic) bond motifs is 1. The number of hydrogen-bond acceptors (Lipinski definition) is 9. The molecule has 10 nitrogen and oxygen atoms in total. The zero-order valence-corrected chi connectivity index (χ0v) is 19.2. The summed E-state index contributed by atoms with van der Waals surface area (Å²) in [5, 5.41) is 4.25. The first-order chi connectivity index (χ1) is 16.5. The van der Waals surface area contributed by atoms with E-state index in [1.807, 2.05) is 12.1 Å². The van der Waals surface area contributed by atoms with Gasteiger partial charge in [-0.05, 0) is 31.3 Å². The lowest BCUT2D eigenvalue weighted by atomic mass is 10.2. The number of anilines is 2. The summed E-state index contributed by atoms with van der Waals surface area (Å²) in [4.78, 5) is 46.7. The SMILES string of the molecule is CN1CCN(c2cc(C(=O)Nc3cc4nc(-c5ncc(C(N)=O)s5)ccc4cn3)ccn2)CC1. The van der Waals surface area contributed by atoms with Crippen LogP contribution in [0.3, 0.4) is 0 Å². The Morgan fingerprint density at radius 1 is 1.03 bits per heavy atom.